The molecule has 0 aliphatic heterocycles. The molecule has 0 unspecified atom stereocenters. The second-order valence-corrected chi connectivity index (χ2v) is 14.7. The van der Waals surface area contributed by atoms with Crippen molar-refractivity contribution >= 4 is 0 Å². The fourth-order valence-electron chi connectivity index (χ4n) is 6.92. The molecule has 0 aliphatic carbocycles. The van der Waals surface area contributed by atoms with Gasteiger partial charge in [0.1, 0.15) is 0 Å². The van der Waals surface area contributed by atoms with Gasteiger partial charge in [0.25, 0.3) is 0 Å². The summed E-state index contributed by atoms with van der Waals surface area (Å²) in [6.07, 6.45) is 49.1. The minimum Gasteiger partial charge on any atom is -0.213 e. The van der Waals surface area contributed by atoms with E-state index in [1.165, 1.54) is 229 Å². The maximum Gasteiger partial charge on any atom is 2.00 e. The predicted molar refractivity (Wildman–Crippen MR) is 211 cm³/mol. The van der Waals surface area contributed by atoms with Crippen LogP contribution in [0.5, 0.6) is 0 Å². The van der Waals surface area contributed by atoms with Crippen LogP contribution in [0.3, 0.4) is 0 Å². The molecule has 0 aliphatic rings. The maximum absolute atomic E-state index is 2.30. The molecule has 47 heavy (non-hydrogen) atoms. The van der Waals surface area contributed by atoms with Gasteiger partial charge >= 0.3 is 26.2 Å². The van der Waals surface area contributed by atoms with Gasteiger partial charge in [0.15, 0.2) is 0 Å². The quantitative estimate of drug-likeness (QED) is 0.0498. The average Bonchev–Trinajstić information content (AvgIpc) is 3.80. The smallest absolute Gasteiger partial charge is 0.213 e. The van der Waals surface area contributed by atoms with Crippen molar-refractivity contribution in [1.82, 2.24) is 0 Å². The third kappa shape index (κ3) is 35.2. The Morgan fingerprint density at radius 3 is 0.617 bits per heavy atom. The molecule has 0 N–H and O–H groups in total. The van der Waals surface area contributed by atoms with E-state index in [0.717, 1.165) is 0 Å². The molecule has 1 heteroatoms. The van der Waals surface area contributed by atoms with Crippen LogP contribution in [-0.4, -0.2) is 0 Å². The Morgan fingerprint density at radius 2 is 0.426 bits per heavy atom. The minimum atomic E-state index is 0. The van der Waals surface area contributed by atoms with Crippen LogP contribution in [0.2, 0.25) is 0 Å². The molecule has 0 saturated heterocycles. The van der Waals surface area contributed by atoms with E-state index in [1.54, 1.807) is 0 Å². The molecule has 0 spiro atoms. The second kappa shape index (κ2) is 40.0. The van der Waals surface area contributed by atoms with Crippen molar-refractivity contribution < 1.29 is 26.2 Å². The topological polar surface area (TPSA) is 0 Å². The zero-order chi connectivity index (χ0) is 32.9. The van der Waals surface area contributed by atoms with Gasteiger partial charge in [0.05, 0.1) is 0 Å². The number of rotatable bonds is 34. The zero-order valence-corrected chi connectivity index (χ0v) is 34.6. The summed E-state index contributed by atoms with van der Waals surface area (Å²) in [6, 6.07) is 17.6. The summed E-state index contributed by atoms with van der Waals surface area (Å²) in [4.78, 5) is 0. The van der Waals surface area contributed by atoms with E-state index >= 15 is 0 Å². The van der Waals surface area contributed by atoms with Gasteiger partial charge in [-0.05, 0) is 0 Å². The van der Waals surface area contributed by atoms with Crippen molar-refractivity contribution in [2.24, 2.45) is 0 Å². The van der Waals surface area contributed by atoms with Crippen LogP contribution < -0.4 is 0 Å². The van der Waals surface area contributed by atoms with Gasteiger partial charge in [0.2, 0.25) is 0 Å². The van der Waals surface area contributed by atoms with E-state index < -0.39 is 0 Å². The zero-order valence-electron chi connectivity index (χ0n) is 32.2. The van der Waals surface area contributed by atoms with E-state index in [9.17, 15) is 0 Å². The Morgan fingerprint density at radius 1 is 0.255 bits per heavy atom. The van der Waals surface area contributed by atoms with Gasteiger partial charge in [-0.3, -0.25) is 0 Å². The van der Waals surface area contributed by atoms with E-state index in [0.29, 0.717) is 0 Å². The average molecular weight is 726 g/mol. The van der Waals surface area contributed by atoms with Crippen LogP contribution in [0, 0.1) is 0 Å². The first kappa shape index (κ1) is 46.6. The number of hydrogen-bond acceptors (Lipinski definition) is 0. The normalized spacial score (nSPS) is 10.9. The van der Waals surface area contributed by atoms with Crippen molar-refractivity contribution in [3.8, 4) is 0 Å². The molecule has 270 valence electrons. The van der Waals surface area contributed by atoms with Gasteiger partial charge in [-0.25, -0.2) is 24.3 Å². The first-order valence-corrected chi connectivity index (χ1v) is 21.3. The van der Waals surface area contributed by atoms with Crippen molar-refractivity contribution in [2.75, 3.05) is 0 Å². The molecule has 0 nitrogen and oxygen atoms in total. The van der Waals surface area contributed by atoms with Gasteiger partial charge in [-0.15, -0.1) is 0 Å². The van der Waals surface area contributed by atoms with Crippen molar-refractivity contribution in [1.29, 1.82) is 0 Å². The van der Waals surface area contributed by atoms with E-state index in [2.05, 4.69) is 62.4 Å². The molecule has 2 aromatic rings. The van der Waals surface area contributed by atoms with Crippen LogP contribution in [0.15, 0.2) is 48.5 Å². The van der Waals surface area contributed by atoms with Gasteiger partial charge in [-0.2, -0.15) is 35.4 Å². The SMILES string of the molecule is CCCCCCCCCCCCCCCCCC[c-]1cccc1.CCCCCCCCCCCCCCCCCC[c-]1cccc1.[Zr+2]. The molecule has 0 atom stereocenters. The standard InChI is InChI=1S/2C23H41.Zr/c2*1-2-3-4-5-6-7-8-9-10-11-12-13-14-15-16-17-20-23-21-18-19-22-23;/h2*18-19,21-22H,2-17,20H2,1H3;/q2*-1;+2. The van der Waals surface area contributed by atoms with E-state index in [1.807, 2.05) is 0 Å². The minimum absolute atomic E-state index is 0. The molecular formula is C46H82Zr. The van der Waals surface area contributed by atoms with Gasteiger partial charge < -0.3 is 0 Å². The summed E-state index contributed by atoms with van der Waals surface area (Å²) in [6.45, 7) is 4.59. The van der Waals surface area contributed by atoms with E-state index in [4.69, 9.17) is 0 Å². The van der Waals surface area contributed by atoms with Crippen molar-refractivity contribution in [3.05, 3.63) is 59.7 Å². The number of aryl methyl sites for hydroxylation is 2. The van der Waals surface area contributed by atoms with Crippen LogP contribution in [0.4, 0.5) is 0 Å². The number of hydrogen-bond donors (Lipinski definition) is 0. The number of unbranched alkanes of at least 4 members (excludes halogenated alkanes) is 30. The Labute approximate surface area is 316 Å². The third-order valence-corrected chi connectivity index (χ3v) is 10.1. The van der Waals surface area contributed by atoms with Crippen LogP contribution in [-0.2, 0) is 39.0 Å². The Balaban J connectivity index is 0.000000882. The molecule has 0 amide bonds. The van der Waals surface area contributed by atoms with E-state index in [-0.39, 0.29) is 26.2 Å². The third-order valence-electron chi connectivity index (χ3n) is 10.1. The molecule has 0 aromatic heterocycles. The van der Waals surface area contributed by atoms with Gasteiger partial charge in [-0.1, -0.05) is 232 Å². The molecular weight excluding hydrogens is 644 g/mol. The fourth-order valence-corrected chi connectivity index (χ4v) is 6.92. The summed E-state index contributed by atoms with van der Waals surface area (Å²) in [5, 5.41) is 0. The molecule has 0 heterocycles. The largest absolute Gasteiger partial charge is 2.00 e. The fraction of sp³-hybridized carbons (Fsp3) is 0.783. The van der Waals surface area contributed by atoms with Crippen molar-refractivity contribution in [2.45, 2.75) is 232 Å². The molecule has 0 bridgehead atoms. The summed E-state index contributed by atoms with van der Waals surface area (Å²) in [5.74, 6) is 0. The Bertz CT molecular complexity index is 691. The molecule has 2 aromatic carbocycles. The Hall–Kier alpha value is -0.417. The van der Waals surface area contributed by atoms with Crippen LogP contribution >= 0.6 is 0 Å². The molecule has 0 fully saturated rings. The van der Waals surface area contributed by atoms with Crippen molar-refractivity contribution in [3.63, 3.8) is 0 Å². The van der Waals surface area contributed by atoms with Crippen LogP contribution in [0.25, 0.3) is 0 Å². The monoisotopic (exact) mass is 725 g/mol. The summed E-state index contributed by atoms with van der Waals surface area (Å²) in [5.41, 5.74) is 3.05. The first-order chi connectivity index (χ1) is 22.9. The molecule has 0 radical (unpaired) electrons. The summed E-state index contributed by atoms with van der Waals surface area (Å²) in [7, 11) is 0. The second-order valence-electron chi connectivity index (χ2n) is 14.7. The molecule has 2 rings (SSSR count). The maximum atomic E-state index is 2.30. The Kier molecular flexibility index (Phi) is 39.7. The predicted octanol–water partition coefficient (Wildman–Crippen LogP) is 16.4. The summed E-state index contributed by atoms with van der Waals surface area (Å²) < 4.78 is 0. The summed E-state index contributed by atoms with van der Waals surface area (Å²) >= 11 is 0. The first-order valence-electron chi connectivity index (χ1n) is 21.3. The van der Waals surface area contributed by atoms with Crippen LogP contribution in [0.1, 0.15) is 230 Å². The molecule has 0 saturated carbocycles. The van der Waals surface area contributed by atoms with Gasteiger partial charge in [0, 0.05) is 0 Å².